The molecule has 0 aromatic rings. The second kappa shape index (κ2) is 42.0. The highest BCUT2D eigenvalue weighted by molar-refractivity contribution is 5.66. The van der Waals surface area contributed by atoms with Gasteiger partial charge in [0.1, 0.15) is 0 Å². The molecule has 0 amide bonds. The zero-order chi connectivity index (χ0) is 9.70. The van der Waals surface area contributed by atoms with Crippen LogP contribution >= 0.6 is 0 Å². The third kappa shape index (κ3) is 476. The van der Waals surface area contributed by atoms with Gasteiger partial charge >= 0.3 is 5.97 Å². The molecule has 0 aromatic heterocycles. The van der Waals surface area contributed by atoms with E-state index in [1.807, 2.05) is 0 Å². The van der Waals surface area contributed by atoms with Crippen LogP contribution in [0, 0.1) is 0 Å². The molecular weight excluding hydrogens is 164 g/mol. The van der Waals surface area contributed by atoms with Gasteiger partial charge in [-0.1, -0.05) is 62.3 Å². The van der Waals surface area contributed by atoms with E-state index in [0.29, 0.717) is 0 Å². The smallest absolute Gasteiger partial charge is 0.303 e. The molecule has 0 heterocycles. The second-order valence-corrected chi connectivity index (χ2v) is 2.16. The Morgan fingerprint density at radius 1 is 0.923 bits per heavy atom. The maximum Gasteiger partial charge on any atom is 0.303 e. The summed E-state index contributed by atoms with van der Waals surface area (Å²) < 4.78 is 0. The molecule has 1 N–H and O–H groups in total. The molecule has 0 fully saturated rings. The van der Waals surface area contributed by atoms with Crippen molar-refractivity contribution in [3.05, 3.63) is 0 Å². The molecule has 0 spiro atoms. The van der Waals surface area contributed by atoms with E-state index in [1.54, 1.807) is 6.92 Å². The Labute approximate surface area is 85.4 Å². The standard InChI is InChI=1S/C3H6O2.2C3H8.2CH4/c1-2-3(4)5;2*1-3-2;;/h2H2,1H3,(H,4,5);2*3H2,1-2H3;2*1H4. The largest absolute Gasteiger partial charge is 0.481 e. The van der Waals surface area contributed by atoms with Crippen LogP contribution in [0.3, 0.4) is 0 Å². The van der Waals surface area contributed by atoms with Crippen molar-refractivity contribution in [3.63, 3.8) is 0 Å². The lowest BCUT2D eigenvalue weighted by molar-refractivity contribution is -0.136. The number of hydrogen-bond donors (Lipinski definition) is 1. The minimum absolute atomic E-state index is 0. The molecule has 86 valence electrons. The number of hydrogen-bond acceptors (Lipinski definition) is 1. The zero-order valence-corrected chi connectivity index (χ0v) is 8.48. The Kier molecular flexibility index (Phi) is 95.0. The van der Waals surface area contributed by atoms with Gasteiger partial charge in [0, 0.05) is 6.42 Å². The molecule has 0 aliphatic carbocycles. The van der Waals surface area contributed by atoms with Crippen LogP contribution in [0.4, 0.5) is 0 Å². The Hall–Kier alpha value is -0.530. The Bertz CT molecular complexity index is 59.1. The quantitative estimate of drug-likeness (QED) is 0.663. The maximum absolute atomic E-state index is 9.37. The minimum Gasteiger partial charge on any atom is -0.481 e. The normalized spacial score (nSPS) is 5.62. The van der Waals surface area contributed by atoms with Crippen LogP contribution in [0.15, 0.2) is 0 Å². The highest BCUT2D eigenvalue weighted by Crippen LogP contribution is 1.67. The lowest BCUT2D eigenvalue weighted by Gasteiger charge is -1.71. The molecule has 0 bridgehead atoms. The van der Waals surface area contributed by atoms with E-state index in [2.05, 4.69) is 27.7 Å². The van der Waals surface area contributed by atoms with Gasteiger partial charge in [-0.25, -0.2) is 0 Å². The topological polar surface area (TPSA) is 37.3 Å². The summed E-state index contributed by atoms with van der Waals surface area (Å²) in [6, 6.07) is 0. The lowest BCUT2D eigenvalue weighted by Crippen LogP contribution is -1.86. The third-order valence-electron chi connectivity index (χ3n) is 0.302. The van der Waals surface area contributed by atoms with Gasteiger partial charge in [-0.05, 0) is 0 Å². The van der Waals surface area contributed by atoms with Gasteiger partial charge in [-0.3, -0.25) is 4.79 Å². The highest BCUT2D eigenvalue weighted by Gasteiger charge is 1.80. The summed E-state index contributed by atoms with van der Waals surface area (Å²) in [5.41, 5.74) is 0. The molecule has 13 heavy (non-hydrogen) atoms. The van der Waals surface area contributed by atoms with Gasteiger partial charge in [0.2, 0.25) is 0 Å². The van der Waals surface area contributed by atoms with Gasteiger partial charge < -0.3 is 5.11 Å². The SMILES string of the molecule is C.C.CCC.CCC.CCC(=O)O. The summed E-state index contributed by atoms with van der Waals surface area (Å²) in [6.07, 6.45) is 2.72. The number of carboxylic acid groups (broad SMARTS) is 1. The van der Waals surface area contributed by atoms with Crippen molar-refractivity contribution in [2.75, 3.05) is 0 Å². The summed E-state index contributed by atoms with van der Waals surface area (Å²) in [7, 11) is 0. The number of carbonyl (C=O) groups is 1. The molecule has 0 atom stereocenters. The van der Waals surface area contributed by atoms with Crippen molar-refractivity contribution in [2.45, 2.75) is 68.7 Å². The highest BCUT2D eigenvalue weighted by atomic mass is 16.4. The average molecular weight is 194 g/mol. The van der Waals surface area contributed by atoms with E-state index >= 15 is 0 Å². The van der Waals surface area contributed by atoms with Crippen LogP contribution in [-0.2, 0) is 4.79 Å². The molecule has 0 aliphatic heterocycles. The van der Waals surface area contributed by atoms with E-state index in [1.165, 1.54) is 12.8 Å². The summed E-state index contributed by atoms with van der Waals surface area (Å²) >= 11 is 0. The van der Waals surface area contributed by atoms with Gasteiger partial charge in [0.15, 0.2) is 0 Å². The van der Waals surface area contributed by atoms with Gasteiger partial charge in [-0.15, -0.1) is 0 Å². The number of rotatable bonds is 1. The summed E-state index contributed by atoms with van der Waals surface area (Å²) in [5.74, 6) is -0.745. The first-order chi connectivity index (χ1) is 5.10. The summed E-state index contributed by atoms with van der Waals surface area (Å²) in [5, 5.41) is 7.72. The fourth-order valence-corrected chi connectivity index (χ4v) is 0. The molecule has 0 aromatic carbocycles. The Balaban J connectivity index is -0.0000000240. The van der Waals surface area contributed by atoms with Crippen LogP contribution in [0.25, 0.3) is 0 Å². The monoisotopic (exact) mass is 194 g/mol. The van der Waals surface area contributed by atoms with Gasteiger partial charge in [-0.2, -0.15) is 0 Å². The molecule has 0 saturated heterocycles. The van der Waals surface area contributed by atoms with Crippen LogP contribution in [-0.4, -0.2) is 11.1 Å². The fourth-order valence-electron chi connectivity index (χ4n) is 0. The van der Waals surface area contributed by atoms with E-state index in [4.69, 9.17) is 5.11 Å². The number of carboxylic acids is 1. The lowest BCUT2D eigenvalue weighted by atomic mass is 10.5. The van der Waals surface area contributed by atoms with Crippen molar-refractivity contribution in [2.24, 2.45) is 0 Å². The minimum atomic E-state index is -0.745. The molecule has 2 heteroatoms. The van der Waals surface area contributed by atoms with Crippen molar-refractivity contribution in [1.29, 1.82) is 0 Å². The van der Waals surface area contributed by atoms with Crippen molar-refractivity contribution < 1.29 is 9.90 Å². The first-order valence-electron chi connectivity index (χ1n) is 4.32. The maximum atomic E-state index is 9.37. The van der Waals surface area contributed by atoms with E-state index in [9.17, 15) is 4.79 Å². The van der Waals surface area contributed by atoms with Gasteiger partial charge in [0.05, 0.1) is 0 Å². The fraction of sp³-hybridized carbons (Fsp3) is 0.909. The third-order valence-corrected chi connectivity index (χ3v) is 0.302. The summed E-state index contributed by atoms with van der Waals surface area (Å²) in [4.78, 5) is 9.37. The zero-order valence-electron chi connectivity index (χ0n) is 8.48. The Morgan fingerprint density at radius 2 is 1.00 bits per heavy atom. The van der Waals surface area contributed by atoms with Crippen LogP contribution in [0.1, 0.15) is 68.7 Å². The Morgan fingerprint density at radius 3 is 1.00 bits per heavy atom. The molecule has 0 saturated carbocycles. The van der Waals surface area contributed by atoms with Crippen molar-refractivity contribution >= 4 is 5.97 Å². The van der Waals surface area contributed by atoms with Gasteiger partial charge in [0.25, 0.3) is 0 Å². The first-order valence-corrected chi connectivity index (χ1v) is 4.32. The van der Waals surface area contributed by atoms with Crippen LogP contribution < -0.4 is 0 Å². The average Bonchev–Trinajstić information content (AvgIpc) is 1.91. The predicted octanol–water partition coefficient (Wildman–Crippen LogP) is 4.59. The second-order valence-electron chi connectivity index (χ2n) is 2.16. The molecule has 0 rings (SSSR count). The van der Waals surface area contributed by atoms with Crippen molar-refractivity contribution in [3.8, 4) is 0 Å². The molecule has 2 nitrogen and oxygen atoms in total. The van der Waals surface area contributed by atoms with E-state index in [-0.39, 0.29) is 21.3 Å². The number of aliphatic carboxylic acids is 1. The molecule has 0 radical (unpaired) electrons. The van der Waals surface area contributed by atoms with E-state index in [0.717, 1.165) is 0 Å². The van der Waals surface area contributed by atoms with E-state index < -0.39 is 5.97 Å². The molecular formula is C11H30O2. The predicted molar refractivity (Wildman–Crippen MR) is 63.3 cm³/mol. The molecule has 0 unspecified atom stereocenters. The van der Waals surface area contributed by atoms with Crippen LogP contribution in [0.5, 0.6) is 0 Å². The molecule has 0 aliphatic rings. The van der Waals surface area contributed by atoms with Crippen LogP contribution in [0.2, 0.25) is 0 Å². The van der Waals surface area contributed by atoms with Crippen molar-refractivity contribution in [1.82, 2.24) is 0 Å². The summed E-state index contributed by atoms with van der Waals surface area (Å²) in [6.45, 7) is 10.1. The first kappa shape index (κ1) is 29.4.